The molecule has 0 saturated carbocycles. The first-order valence-corrected chi connectivity index (χ1v) is 16.5. The molecule has 1 atom stereocenters. The molecule has 3 aromatic carbocycles. The molecule has 2 heterocycles. The molecular formula is C33H30BrIN2O5S. The van der Waals surface area contributed by atoms with Crippen LogP contribution < -0.4 is 24.4 Å². The number of nitrogens with zero attached hydrogens (tertiary/aromatic N) is 2. The van der Waals surface area contributed by atoms with Crippen molar-refractivity contribution in [3.63, 3.8) is 0 Å². The predicted octanol–water partition coefficient (Wildman–Crippen LogP) is 6.53. The van der Waals surface area contributed by atoms with Gasteiger partial charge in [-0.25, -0.2) is 9.79 Å². The number of esters is 1. The van der Waals surface area contributed by atoms with Crippen LogP contribution in [-0.2, 0) is 16.1 Å². The van der Waals surface area contributed by atoms with Crippen LogP contribution in [0.25, 0.3) is 6.08 Å². The molecule has 0 saturated heterocycles. The molecule has 0 spiro atoms. The number of ether oxygens (including phenoxy) is 3. The molecule has 0 fully saturated rings. The number of thiazole rings is 1. The first-order chi connectivity index (χ1) is 20.7. The molecular weight excluding hydrogens is 743 g/mol. The van der Waals surface area contributed by atoms with Crippen molar-refractivity contribution in [1.82, 2.24) is 4.57 Å². The summed E-state index contributed by atoms with van der Waals surface area (Å²) in [6, 6.07) is 20.5. The summed E-state index contributed by atoms with van der Waals surface area (Å²) in [5.41, 5.74) is 3.01. The SMILES string of the molecule is CCOC(=O)C1=C(C)N=c2s/c(=C\c3cc(Br)cc(I)c3OCc3ccccc3)c(=O)n2[C@H]1c1ccccc1OC(C)C. The van der Waals surface area contributed by atoms with E-state index in [1.807, 2.05) is 86.7 Å². The molecule has 0 unspecified atom stereocenters. The van der Waals surface area contributed by atoms with Gasteiger partial charge in [-0.2, -0.15) is 0 Å². The molecule has 1 aliphatic rings. The molecule has 4 aromatic rings. The van der Waals surface area contributed by atoms with Gasteiger partial charge in [0, 0.05) is 15.6 Å². The summed E-state index contributed by atoms with van der Waals surface area (Å²) < 4.78 is 21.7. The topological polar surface area (TPSA) is 79.1 Å². The lowest BCUT2D eigenvalue weighted by Gasteiger charge is -2.26. The highest BCUT2D eigenvalue weighted by atomic mass is 127. The third kappa shape index (κ3) is 6.81. The lowest BCUT2D eigenvalue weighted by molar-refractivity contribution is -0.139. The van der Waals surface area contributed by atoms with Crippen molar-refractivity contribution >= 4 is 61.9 Å². The summed E-state index contributed by atoms with van der Waals surface area (Å²) >= 11 is 7.11. The van der Waals surface area contributed by atoms with E-state index in [2.05, 4.69) is 38.5 Å². The van der Waals surface area contributed by atoms with Gasteiger partial charge >= 0.3 is 5.97 Å². The number of allylic oxidation sites excluding steroid dienone is 1. The molecule has 1 aliphatic heterocycles. The van der Waals surface area contributed by atoms with E-state index < -0.39 is 12.0 Å². The van der Waals surface area contributed by atoms with E-state index in [0.29, 0.717) is 44.3 Å². The van der Waals surface area contributed by atoms with Crippen LogP contribution in [0.4, 0.5) is 0 Å². The zero-order valence-corrected chi connectivity index (χ0v) is 28.7. The number of fused-ring (bicyclic) bond motifs is 1. The standard InChI is InChI=1S/C33H30BrIN2O5S/c1-5-40-32(39)28-20(4)36-33-37(29(28)24-13-9-10-14-26(24)42-19(2)3)31(38)27(43-33)16-22-15-23(34)17-25(35)30(22)41-18-21-11-7-6-8-12-21/h6-17,19,29H,5,18H2,1-4H3/b27-16-/t29-/m0/s1. The molecule has 10 heteroatoms. The maximum absolute atomic E-state index is 14.2. The van der Waals surface area contributed by atoms with Crippen molar-refractivity contribution in [2.24, 2.45) is 4.99 Å². The van der Waals surface area contributed by atoms with Crippen molar-refractivity contribution in [3.8, 4) is 11.5 Å². The third-order valence-corrected chi connectivity index (χ3v) is 8.89. The Morgan fingerprint density at radius 3 is 2.58 bits per heavy atom. The Bertz CT molecular complexity index is 1880. The highest BCUT2D eigenvalue weighted by Crippen LogP contribution is 2.36. The Morgan fingerprint density at radius 1 is 1.14 bits per heavy atom. The molecule has 5 rings (SSSR count). The summed E-state index contributed by atoms with van der Waals surface area (Å²) in [5.74, 6) is 0.751. The van der Waals surface area contributed by atoms with E-state index in [9.17, 15) is 9.59 Å². The monoisotopic (exact) mass is 772 g/mol. The van der Waals surface area contributed by atoms with Crippen molar-refractivity contribution in [2.45, 2.75) is 46.4 Å². The number of halogens is 2. The van der Waals surface area contributed by atoms with Crippen molar-refractivity contribution < 1.29 is 19.0 Å². The van der Waals surface area contributed by atoms with Crippen LogP contribution in [0.15, 0.2) is 92.3 Å². The Kier molecular flexibility index (Phi) is 9.88. The van der Waals surface area contributed by atoms with Crippen LogP contribution in [0.5, 0.6) is 11.5 Å². The first kappa shape index (κ1) is 31.2. The number of rotatable bonds is 9. The minimum absolute atomic E-state index is 0.110. The fraction of sp³-hybridized carbons (Fsp3) is 0.242. The summed E-state index contributed by atoms with van der Waals surface area (Å²) in [6.07, 6.45) is 1.72. The molecule has 0 amide bonds. The van der Waals surface area contributed by atoms with Crippen LogP contribution in [0.1, 0.15) is 50.4 Å². The molecule has 222 valence electrons. The summed E-state index contributed by atoms with van der Waals surface area (Å²) in [5, 5.41) is 0. The normalized spacial score (nSPS) is 14.9. The zero-order valence-electron chi connectivity index (χ0n) is 24.1. The second-order valence-corrected chi connectivity index (χ2v) is 13.2. The smallest absolute Gasteiger partial charge is 0.338 e. The summed E-state index contributed by atoms with van der Waals surface area (Å²) in [6.45, 7) is 7.98. The van der Waals surface area contributed by atoms with Gasteiger partial charge in [0.2, 0.25) is 0 Å². The average molecular weight is 773 g/mol. The van der Waals surface area contributed by atoms with E-state index in [1.54, 1.807) is 18.4 Å². The molecule has 43 heavy (non-hydrogen) atoms. The molecule has 0 radical (unpaired) electrons. The number of benzene rings is 3. The van der Waals surface area contributed by atoms with Gasteiger partial charge in [-0.05, 0) is 80.1 Å². The number of para-hydroxylation sites is 1. The molecule has 0 bridgehead atoms. The quantitative estimate of drug-likeness (QED) is 0.143. The number of hydrogen-bond acceptors (Lipinski definition) is 7. The second-order valence-electron chi connectivity index (χ2n) is 10.1. The van der Waals surface area contributed by atoms with Gasteiger partial charge in [0.05, 0.1) is 32.1 Å². The van der Waals surface area contributed by atoms with Gasteiger partial charge in [0.15, 0.2) is 4.80 Å². The van der Waals surface area contributed by atoms with E-state index in [1.165, 1.54) is 11.3 Å². The minimum Gasteiger partial charge on any atom is -0.491 e. The predicted molar refractivity (Wildman–Crippen MR) is 180 cm³/mol. The first-order valence-electron chi connectivity index (χ1n) is 13.8. The summed E-state index contributed by atoms with van der Waals surface area (Å²) in [7, 11) is 0. The molecule has 0 aliphatic carbocycles. The van der Waals surface area contributed by atoms with Crippen LogP contribution in [0.2, 0.25) is 0 Å². The highest BCUT2D eigenvalue weighted by Gasteiger charge is 2.35. The molecule has 0 N–H and O–H groups in total. The third-order valence-electron chi connectivity index (χ3n) is 6.64. The van der Waals surface area contributed by atoms with Crippen LogP contribution in [0, 0.1) is 3.57 Å². The minimum atomic E-state index is -0.774. The molecule has 1 aromatic heterocycles. The van der Waals surface area contributed by atoms with Crippen LogP contribution in [0.3, 0.4) is 0 Å². The van der Waals surface area contributed by atoms with Gasteiger partial charge in [-0.3, -0.25) is 9.36 Å². The zero-order chi connectivity index (χ0) is 30.7. The van der Waals surface area contributed by atoms with E-state index in [4.69, 9.17) is 19.2 Å². The van der Waals surface area contributed by atoms with Crippen molar-refractivity contribution in [3.05, 3.63) is 122 Å². The maximum atomic E-state index is 14.2. The number of hydrogen-bond donors (Lipinski definition) is 0. The second kappa shape index (κ2) is 13.6. The maximum Gasteiger partial charge on any atom is 0.338 e. The Morgan fingerprint density at radius 2 is 1.86 bits per heavy atom. The lowest BCUT2D eigenvalue weighted by atomic mass is 9.95. The van der Waals surface area contributed by atoms with Crippen LogP contribution >= 0.6 is 49.9 Å². The van der Waals surface area contributed by atoms with Crippen LogP contribution in [-0.4, -0.2) is 23.2 Å². The Labute approximate surface area is 275 Å². The van der Waals surface area contributed by atoms with E-state index >= 15 is 0 Å². The van der Waals surface area contributed by atoms with Gasteiger partial charge in [0.1, 0.15) is 24.1 Å². The van der Waals surface area contributed by atoms with Gasteiger partial charge in [-0.1, -0.05) is 75.8 Å². The van der Waals surface area contributed by atoms with Gasteiger partial charge in [-0.15, -0.1) is 0 Å². The van der Waals surface area contributed by atoms with E-state index in [-0.39, 0.29) is 18.3 Å². The van der Waals surface area contributed by atoms with Crippen molar-refractivity contribution in [2.75, 3.05) is 6.61 Å². The fourth-order valence-electron chi connectivity index (χ4n) is 4.86. The fourth-order valence-corrected chi connectivity index (χ4v) is 7.61. The highest BCUT2D eigenvalue weighted by molar-refractivity contribution is 14.1. The van der Waals surface area contributed by atoms with Gasteiger partial charge in [0.25, 0.3) is 5.56 Å². The van der Waals surface area contributed by atoms with E-state index in [0.717, 1.165) is 19.2 Å². The number of carbonyl (C=O) groups is 1. The number of aromatic nitrogens is 1. The summed E-state index contributed by atoms with van der Waals surface area (Å²) in [4.78, 5) is 32.8. The Balaban J connectivity index is 1.69. The lowest BCUT2D eigenvalue weighted by Crippen LogP contribution is -2.40. The number of carbonyl (C=O) groups excluding carboxylic acids is 1. The van der Waals surface area contributed by atoms with Crippen molar-refractivity contribution in [1.29, 1.82) is 0 Å². The van der Waals surface area contributed by atoms with Gasteiger partial charge < -0.3 is 14.2 Å². The Hall–Kier alpha value is -3.22. The molecule has 7 nitrogen and oxygen atoms in total. The largest absolute Gasteiger partial charge is 0.491 e. The average Bonchev–Trinajstić information content (AvgIpc) is 3.26.